The minimum Gasteiger partial charge on any atom is -0.395 e. The first kappa shape index (κ1) is 16.7. The summed E-state index contributed by atoms with van der Waals surface area (Å²) < 4.78 is 19.1. The Labute approximate surface area is 121 Å². The lowest BCUT2D eigenvalue weighted by Crippen LogP contribution is -2.09. The maximum atomic E-state index is 13.5. The van der Waals surface area contributed by atoms with Crippen LogP contribution < -0.4 is 0 Å². The fourth-order valence-electron chi connectivity index (χ4n) is 1.54. The molecule has 1 rings (SSSR count). The number of aliphatic hydroxyl groups is 1. The largest absolute Gasteiger partial charge is 0.395 e. The van der Waals surface area contributed by atoms with Crippen molar-refractivity contribution in [2.75, 3.05) is 13.2 Å². The van der Waals surface area contributed by atoms with E-state index in [1.807, 2.05) is 0 Å². The van der Waals surface area contributed by atoms with Gasteiger partial charge in [-0.1, -0.05) is 38.7 Å². The summed E-state index contributed by atoms with van der Waals surface area (Å²) >= 11 is 0. The number of hydrogen-bond donors (Lipinski definition) is 1. The molecule has 0 bridgehead atoms. The summed E-state index contributed by atoms with van der Waals surface area (Å²) in [4.78, 5) is 0. The minimum absolute atomic E-state index is 0.00970. The molecule has 110 valence electrons. The molecule has 0 spiro atoms. The lowest BCUT2D eigenvalue weighted by molar-refractivity contribution is 0.0962. The lowest BCUT2D eigenvalue weighted by Gasteiger charge is -2.17. The fraction of sp³-hybridized carbons (Fsp3) is 0.529. The van der Waals surface area contributed by atoms with Crippen LogP contribution in [0.15, 0.2) is 18.2 Å². The third-order valence-electron chi connectivity index (χ3n) is 2.76. The molecule has 1 N–H and O–H groups in total. The average molecular weight is 278 g/mol. The molecule has 0 aliphatic carbocycles. The molecule has 0 amide bonds. The monoisotopic (exact) mass is 278 g/mol. The predicted molar refractivity (Wildman–Crippen MR) is 78.7 cm³/mol. The topological polar surface area (TPSA) is 29.5 Å². The molecule has 0 aliphatic rings. The van der Waals surface area contributed by atoms with Crippen molar-refractivity contribution in [1.29, 1.82) is 0 Å². The second-order valence-electron chi connectivity index (χ2n) is 5.95. The number of aliphatic hydroxyl groups excluding tert-OH is 1. The van der Waals surface area contributed by atoms with E-state index in [0.717, 1.165) is 12.0 Å². The Morgan fingerprint density at radius 2 is 2.05 bits per heavy atom. The summed E-state index contributed by atoms with van der Waals surface area (Å²) in [5.74, 6) is 5.12. The molecule has 2 nitrogen and oxygen atoms in total. The van der Waals surface area contributed by atoms with Gasteiger partial charge in [-0.15, -0.1) is 0 Å². The Morgan fingerprint density at radius 1 is 1.30 bits per heavy atom. The van der Waals surface area contributed by atoms with Gasteiger partial charge in [-0.05, 0) is 29.5 Å². The molecule has 0 heterocycles. The zero-order valence-corrected chi connectivity index (χ0v) is 12.5. The zero-order valence-electron chi connectivity index (χ0n) is 12.5. The molecule has 0 atom stereocenters. The lowest BCUT2D eigenvalue weighted by atomic mass is 9.93. The maximum Gasteiger partial charge on any atom is 0.138 e. The van der Waals surface area contributed by atoms with E-state index in [1.54, 1.807) is 12.1 Å². The predicted octanol–water partition coefficient (Wildman–Crippen LogP) is 3.51. The van der Waals surface area contributed by atoms with E-state index in [4.69, 9.17) is 9.84 Å². The van der Waals surface area contributed by atoms with Crippen LogP contribution in [0.5, 0.6) is 0 Å². The van der Waals surface area contributed by atoms with Crippen LogP contribution in [0.2, 0.25) is 0 Å². The van der Waals surface area contributed by atoms with Crippen LogP contribution in [0, 0.1) is 23.1 Å². The van der Waals surface area contributed by atoms with E-state index >= 15 is 0 Å². The van der Waals surface area contributed by atoms with Crippen molar-refractivity contribution < 1.29 is 14.2 Å². The molecular weight excluding hydrogens is 255 g/mol. The van der Waals surface area contributed by atoms with Crippen LogP contribution in [0.3, 0.4) is 0 Å². The van der Waals surface area contributed by atoms with E-state index in [-0.39, 0.29) is 17.8 Å². The summed E-state index contributed by atoms with van der Waals surface area (Å²) in [5.41, 5.74) is 1.52. The van der Waals surface area contributed by atoms with Crippen molar-refractivity contribution in [3.05, 3.63) is 35.1 Å². The summed E-state index contributed by atoms with van der Waals surface area (Å²) in [7, 11) is 0. The van der Waals surface area contributed by atoms with Gasteiger partial charge >= 0.3 is 0 Å². The van der Waals surface area contributed by atoms with Gasteiger partial charge in [0.1, 0.15) is 5.82 Å². The quantitative estimate of drug-likeness (QED) is 0.659. The van der Waals surface area contributed by atoms with Crippen LogP contribution in [0.1, 0.15) is 44.7 Å². The van der Waals surface area contributed by atoms with Crippen LogP contribution in [-0.4, -0.2) is 18.3 Å². The smallest absolute Gasteiger partial charge is 0.138 e. The Balaban J connectivity index is 2.55. The molecule has 20 heavy (non-hydrogen) atoms. The van der Waals surface area contributed by atoms with E-state index in [1.165, 1.54) is 6.07 Å². The summed E-state index contributed by atoms with van der Waals surface area (Å²) in [6, 6.07) is 4.83. The Bertz CT molecular complexity index is 478. The number of rotatable bonds is 5. The van der Waals surface area contributed by atoms with Gasteiger partial charge in [0.15, 0.2) is 0 Å². The van der Waals surface area contributed by atoms with Crippen LogP contribution in [-0.2, 0) is 11.3 Å². The maximum absolute atomic E-state index is 13.5. The number of ether oxygens (including phenoxy) is 1. The molecule has 1 aromatic rings. The second-order valence-corrected chi connectivity index (χ2v) is 5.95. The first-order valence-electron chi connectivity index (χ1n) is 6.88. The normalized spacial score (nSPS) is 11.1. The van der Waals surface area contributed by atoms with E-state index in [2.05, 4.69) is 32.6 Å². The minimum atomic E-state index is -0.339. The van der Waals surface area contributed by atoms with Crippen molar-refractivity contribution in [2.24, 2.45) is 5.41 Å². The van der Waals surface area contributed by atoms with Gasteiger partial charge in [0.25, 0.3) is 0 Å². The summed E-state index contributed by atoms with van der Waals surface area (Å²) in [6.45, 7) is 7.65. The Morgan fingerprint density at radius 3 is 2.70 bits per heavy atom. The Kier molecular flexibility index (Phi) is 6.70. The van der Waals surface area contributed by atoms with Crippen LogP contribution in [0.25, 0.3) is 0 Å². The highest BCUT2D eigenvalue weighted by molar-refractivity contribution is 5.38. The third kappa shape index (κ3) is 6.70. The van der Waals surface area contributed by atoms with Crippen molar-refractivity contribution >= 4 is 0 Å². The van der Waals surface area contributed by atoms with Crippen LogP contribution in [0.4, 0.5) is 4.39 Å². The zero-order chi connectivity index (χ0) is 15.0. The van der Waals surface area contributed by atoms with E-state index in [9.17, 15) is 4.39 Å². The highest BCUT2D eigenvalue weighted by atomic mass is 19.1. The molecule has 0 saturated carbocycles. The van der Waals surface area contributed by atoms with Crippen molar-refractivity contribution in [1.82, 2.24) is 0 Å². The molecular formula is C17H23FO2. The highest BCUT2D eigenvalue weighted by Gasteiger charge is 2.09. The van der Waals surface area contributed by atoms with Crippen molar-refractivity contribution in [2.45, 2.75) is 40.2 Å². The van der Waals surface area contributed by atoms with E-state index in [0.29, 0.717) is 25.2 Å². The first-order valence-corrected chi connectivity index (χ1v) is 6.88. The van der Waals surface area contributed by atoms with Crippen molar-refractivity contribution in [3.63, 3.8) is 0 Å². The van der Waals surface area contributed by atoms with Gasteiger partial charge in [-0.25, -0.2) is 4.39 Å². The third-order valence-corrected chi connectivity index (χ3v) is 2.76. The van der Waals surface area contributed by atoms with Gasteiger partial charge in [-0.2, -0.15) is 0 Å². The van der Waals surface area contributed by atoms with Crippen LogP contribution >= 0.6 is 0 Å². The summed E-state index contributed by atoms with van der Waals surface area (Å²) in [6.07, 6.45) is 1.34. The summed E-state index contributed by atoms with van der Waals surface area (Å²) in [5, 5.41) is 8.66. The molecule has 0 aromatic heterocycles. The second kappa shape index (κ2) is 8.04. The van der Waals surface area contributed by atoms with Gasteiger partial charge in [0.05, 0.1) is 18.8 Å². The SMILES string of the molecule is CC(C)(C)CCOCc1ccc(F)c(C#CCCO)c1. The Hall–Kier alpha value is -1.37. The highest BCUT2D eigenvalue weighted by Crippen LogP contribution is 2.18. The average Bonchev–Trinajstić information content (AvgIpc) is 2.37. The number of hydrogen-bond acceptors (Lipinski definition) is 2. The fourth-order valence-corrected chi connectivity index (χ4v) is 1.54. The van der Waals surface area contributed by atoms with Gasteiger partial charge in [0, 0.05) is 13.0 Å². The molecule has 0 saturated heterocycles. The molecule has 0 radical (unpaired) electrons. The molecule has 0 fully saturated rings. The molecule has 0 unspecified atom stereocenters. The molecule has 3 heteroatoms. The van der Waals surface area contributed by atoms with Crippen molar-refractivity contribution in [3.8, 4) is 11.8 Å². The van der Waals surface area contributed by atoms with Gasteiger partial charge in [-0.3, -0.25) is 0 Å². The standard InChI is InChI=1S/C17H23FO2/c1-17(2,3)9-11-20-13-14-7-8-16(18)15(12-14)6-4-5-10-19/h7-8,12,19H,5,9-11,13H2,1-3H3. The molecule has 0 aliphatic heterocycles. The number of halogens is 1. The first-order chi connectivity index (χ1) is 9.42. The van der Waals surface area contributed by atoms with Gasteiger partial charge < -0.3 is 9.84 Å². The number of benzene rings is 1. The molecule has 1 aromatic carbocycles. The van der Waals surface area contributed by atoms with Gasteiger partial charge in [0.2, 0.25) is 0 Å². The van der Waals surface area contributed by atoms with E-state index < -0.39 is 0 Å².